The van der Waals surface area contributed by atoms with E-state index in [0.29, 0.717) is 18.6 Å². The monoisotopic (exact) mass is 281 g/mol. The van der Waals surface area contributed by atoms with Crippen molar-refractivity contribution >= 4 is 11.8 Å². The van der Waals surface area contributed by atoms with Gasteiger partial charge >= 0.3 is 0 Å². The van der Waals surface area contributed by atoms with Crippen LogP contribution in [0.4, 0.5) is 0 Å². The van der Waals surface area contributed by atoms with E-state index < -0.39 is 0 Å². The molecule has 2 atom stereocenters. The topological polar surface area (TPSA) is 32.3 Å². The third-order valence-corrected chi connectivity index (χ3v) is 4.31. The van der Waals surface area contributed by atoms with Crippen LogP contribution in [0.1, 0.15) is 44.7 Å². The molecule has 1 aromatic carbocycles. The van der Waals surface area contributed by atoms with Gasteiger partial charge in [0.05, 0.1) is 0 Å². The van der Waals surface area contributed by atoms with Gasteiger partial charge in [-0.15, -0.1) is 11.8 Å². The molecular formula is C16H27NOS. The summed E-state index contributed by atoms with van der Waals surface area (Å²) in [6.45, 7) is 5.69. The van der Waals surface area contributed by atoms with Gasteiger partial charge in [-0.2, -0.15) is 0 Å². The molecule has 0 spiro atoms. The van der Waals surface area contributed by atoms with Crippen molar-refractivity contribution in [2.24, 2.45) is 5.92 Å². The Morgan fingerprint density at radius 2 is 1.89 bits per heavy atom. The van der Waals surface area contributed by atoms with Crippen molar-refractivity contribution in [3.05, 3.63) is 29.8 Å². The molecule has 0 heterocycles. The van der Waals surface area contributed by atoms with E-state index in [1.54, 1.807) is 11.8 Å². The smallest absolute Gasteiger partial charge is 0.0434 e. The van der Waals surface area contributed by atoms with Crippen LogP contribution in [0, 0.1) is 5.92 Å². The first-order valence-electron chi connectivity index (χ1n) is 7.19. The van der Waals surface area contributed by atoms with Gasteiger partial charge < -0.3 is 10.4 Å². The molecule has 0 saturated carbocycles. The molecule has 108 valence electrons. The van der Waals surface area contributed by atoms with Crippen molar-refractivity contribution in [1.82, 2.24) is 5.32 Å². The summed E-state index contributed by atoms with van der Waals surface area (Å²) in [5.74, 6) is 0.586. The van der Waals surface area contributed by atoms with Crippen LogP contribution in [0.3, 0.4) is 0 Å². The van der Waals surface area contributed by atoms with Gasteiger partial charge in [0.15, 0.2) is 0 Å². The predicted molar refractivity (Wildman–Crippen MR) is 84.7 cm³/mol. The van der Waals surface area contributed by atoms with E-state index in [2.05, 4.69) is 49.7 Å². The lowest BCUT2D eigenvalue weighted by Crippen LogP contribution is -2.26. The summed E-state index contributed by atoms with van der Waals surface area (Å²) in [4.78, 5) is 1.31. The highest BCUT2D eigenvalue weighted by molar-refractivity contribution is 7.98. The van der Waals surface area contributed by atoms with E-state index in [-0.39, 0.29) is 0 Å². The van der Waals surface area contributed by atoms with Crippen molar-refractivity contribution in [3.8, 4) is 0 Å². The van der Waals surface area contributed by atoms with Gasteiger partial charge in [-0.1, -0.05) is 25.5 Å². The first-order chi connectivity index (χ1) is 9.21. The van der Waals surface area contributed by atoms with Crippen LogP contribution in [-0.2, 0) is 0 Å². The zero-order chi connectivity index (χ0) is 14.1. The average molecular weight is 281 g/mol. The standard InChI is InChI=1S/C16H27NOS/c1-4-5-14(10-11-18)12-17-13(2)15-6-8-16(19-3)9-7-15/h6-9,13-14,17-18H,4-5,10-12H2,1-3H3. The third-order valence-electron chi connectivity index (χ3n) is 3.56. The molecule has 0 radical (unpaired) electrons. The van der Waals surface area contributed by atoms with Crippen LogP contribution < -0.4 is 5.32 Å². The van der Waals surface area contributed by atoms with Crippen molar-refractivity contribution in [1.29, 1.82) is 0 Å². The van der Waals surface area contributed by atoms with Crippen molar-refractivity contribution in [3.63, 3.8) is 0 Å². The predicted octanol–water partition coefficient (Wildman–Crippen LogP) is 3.86. The van der Waals surface area contributed by atoms with Gasteiger partial charge in [-0.25, -0.2) is 0 Å². The summed E-state index contributed by atoms with van der Waals surface area (Å²) in [7, 11) is 0. The first-order valence-corrected chi connectivity index (χ1v) is 8.41. The summed E-state index contributed by atoms with van der Waals surface area (Å²) < 4.78 is 0. The second-order valence-electron chi connectivity index (χ2n) is 5.07. The Labute approximate surface area is 122 Å². The molecule has 0 aliphatic carbocycles. The van der Waals surface area contributed by atoms with Crippen LogP contribution in [0.15, 0.2) is 29.2 Å². The van der Waals surface area contributed by atoms with E-state index in [9.17, 15) is 0 Å². The molecule has 0 saturated heterocycles. The number of aliphatic hydroxyl groups excluding tert-OH is 1. The summed E-state index contributed by atoms with van der Waals surface area (Å²) >= 11 is 1.77. The summed E-state index contributed by atoms with van der Waals surface area (Å²) in [6.07, 6.45) is 5.37. The normalized spacial score (nSPS) is 14.3. The zero-order valence-electron chi connectivity index (χ0n) is 12.4. The largest absolute Gasteiger partial charge is 0.396 e. The average Bonchev–Trinajstić information content (AvgIpc) is 2.45. The highest BCUT2D eigenvalue weighted by Gasteiger charge is 2.10. The maximum atomic E-state index is 9.07. The Bertz CT molecular complexity index is 333. The van der Waals surface area contributed by atoms with Crippen molar-refractivity contribution in [2.75, 3.05) is 19.4 Å². The van der Waals surface area contributed by atoms with Gasteiger partial charge in [-0.3, -0.25) is 0 Å². The molecular weight excluding hydrogens is 254 g/mol. The van der Waals surface area contributed by atoms with Crippen LogP contribution in [-0.4, -0.2) is 24.5 Å². The molecule has 2 unspecified atom stereocenters. The quantitative estimate of drug-likeness (QED) is 0.674. The third kappa shape index (κ3) is 5.98. The summed E-state index contributed by atoms with van der Waals surface area (Å²) in [5, 5.41) is 12.7. The lowest BCUT2D eigenvalue weighted by atomic mass is 9.99. The Morgan fingerprint density at radius 1 is 1.21 bits per heavy atom. The molecule has 2 nitrogen and oxygen atoms in total. The summed E-state index contributed by atoms with van der Waals surface area (Å²) in [5.41, 5.74) is 1.33. The van der Waals surface area contributed by atoms with Gasteiger partial charge in [-0.05, 0) is 56.2 Å². The van der Waals surface area contributed by atoms with Gasteiger partial charge in [0.2, 0.25) is 0 Å². The Kier molecular flexibility index (Phi) is 8.19. The number of aliphatic hydroxyl groups is 1. The molecule has 0 aliphatic heterocycles. The van der Waals surface area contributed by atoms with Gasteiger partial charge in [0.1, 0.15) is 0 Å². The van der Waals surface area contributed by atoms with E-state index >= 15 is 0 Å². The molecule has 0 fully saturated rings. The zero-order valence-corrected chi connectivity index (χ0v) is 13.2. The van der Waals surface area contributed by atoms with Crippen LogP contribution in [0.2, 0.25) is 0 Å². The number of thioether (sulfide) groups is 1. The molecule has 1 rings (SSSR count). The minimum Gasteiger partial charge on any atom is -0.396 e. The minimum atomic E-state index is 0.295. The van der Waals surface area contributed by atoms with Crippen LogP contribution in [0.25, 0.3) is 0 Å². The van der Waals surface area contributed by atoms with E-state index in [1.807, 2.05) is 0 Å². The molecule has 0 aromatic heterocycles. The SMILES string of the molecule is CCCC(CCO)CNC(C)c1ccc(SC)cc1. The van der Waals surface area contributed by atoms with Crippen LogP contribution in [0.5, 0.6) is 0 Å². The molecule has 19 heavy (non-hydrogen) atoms. The van der Waals surface area contributed by atoms with E-state index in [1.165, 1.54) is 23.3 Å². The van der Waals surface area contributed by atoms with E-state index in [4.69, 9.17) is 5.11 Å². The molecule has 0 aliphatic rings. The summed E-state index contributed by atoms with van der Waals surface area (Å²) in [6, 6.07) is 9.12. The first kappa shape index (κ1) is 16.5. The highest BCUT2D eigenvalue weighted by atomic mass is 32.2. The Balaban J connectivity index is 2.45. The maximum absolute atomic E-state index is 9.07. The lowest BCUT2D eigenvalue weighted by Gasteiger charge is -2.20. The van der Waals surface area contributed by atoms with Crippen molar-refractivity contribution in [2.45, 2.75) is 44.0 Å². The fourth-order valence-electron chi connectivity index (χ4n) is 2.29. The molecule has 0 bridgehead atoms. The van der Waals surface area contributed by atoms with E-state index in [0.717, 1.165) is 13.0 Å². The molecule has 2 N–H and O–H groups in total. The lowest BCUT2D eigenvalue weighted by molar-refractivity contribution is 0.246. The number of hydrogen-bond acceptors (Lipinski definition) is 3. The van der Waals surface area contributed by atoms with Gasteiger partial charge in [0, 0.05) is 17.5 Å². The molecule has 3 heteroatoms. The molecule has 1 aromatic rings. The maximum Gasteiger partial charge on any atom is 0.0434 e. The van der Waals surface area contributed by atoms with Gasteiger partial charge in [0.25, 0.3) is 0 Å². The number of benzene rings is 1. The van der Waals surface area contributed by atoms with Crippen LogP contribution >= 0.6 is 11.8 Å². The fraction of sp³-hybridized carbons (Fsp3) is 0.625. The van der Waals surface area contributed by atoms with Crippen molar-refractivity contribution < 1.29 is 5.11 Å². The fourth-order valence-corrected chi connectivity index (χ4v) is 2.70. The Morgan fingerprint density at radius 3 is 2.42 bits per heavy atom. The second kappa shape index (κ2) is 9.40. The highest BCUT2D eigenvalue weighted by Crippen LogP contribution is 2.19. The molecule has 0 amide bonds. The minimum absolute atomic E-state index is 0.295. The second-order valence-corrected chi connectivity index (χ2v) is 5.95. The Hall–Kier alpha value is -0.510. The number of nitrogens with one attached hydrogen (secondary N) is 1. The number of hydrogen-bond donors (Lipinski definition) is 2. The number of rotatable bonds is 9.